The highest BCUT2D eigenvalue weighted by Gasteiger charge is 2.15. The van der Waals surface area contributed by atoms with Gasteiger partial charge in [-0.15, -0.1) is 0 Å². The molecule has 0 radical (unpaired) electrons. The molecule has 1 aromatic rings. The number of aryl methyl sites for hydroxylation is 1. The zero-order valence-corrected chi connectivity index (χ0v) is 11.8. The summed E-state index contributed by atoms with van der Waals surface area (Å²) in [5.74, 6) is 0.734. The van der Waals surface area contributed by atoms with Crippen LogP contribution in [0.4, 0.5) is 0 Å². The van der Waals surface area contributed by atoms with Crippen LogP contribution in [0.5, 0.6) is 11.5 Å². The van der Waals surface area contributed by atoms with Crippen LogP contribution in [0, 0.1) is 0 Å². The Bertz CT molecular complexity index is 347. The molecule has 0 spiro atoms. The van der Waals surface area contributed by atoms with E-state index in [2.05, 4.69) is 13.1 Å². The van der Waals surface area contributed by atoms with Crippen molar-refractivity contribution < 1.29 is 9.84 Å². The molecule has 0 saturated carbocycles. The van der Waals surface area contributed by atoms with E-state index in [1.807, 2.05) is 12.1 Å². The van der Waals surface area contributed by atoms with Crippen LogP contribution in [0.25, 0.3) is 0 Å². The highest BCUT2D eigenvalue weighted by molar-refractivity contribution is 7.19. The quantitative estimate of drug-likeness (QED) is 0.643. The minimum absolute atomic E-state index is 0.193. The molecule has 0 saturated heterocycles. The van der Waals surface area contributed by atoms with Crippen LogP contribution in [0.1, 0.15) is 12.0 Å². The predicted molar refractivity (Wildman–Crippen MR) is 71.1 cm³/mol. The molecular weight excluding hydrogens is 240 g/mol. The number of hydrogen-bond donors (Lipinski definition) is 1. The average molecular weight is 259 g/mol. The molecule has 2 nitrogen and oxygen atoms in total. The molecular formula is C12H19ClO2Si. The Kier molecular flexibility index (Phi) is 4.68. The van der Waals surface area contributed by atoms with Gasteiger partial charge in [0.2, 0.25) is 0 Å². The van der Waals surface area contributed by atoms with Gasteiger partial charge >= 0.3 is 0 Å². The maximum Gasteiger partial charge on any atom is 0.160 e. The second kappa shape index (κ2) is 5.59. The van der Waals surface area contributed by atoms with Crippen molar-refractivity contribution >= 4 is 18.5 Å². The van der Waals surface area contributed by atoms with Gasteiger partial charge in [0.1, 0.15) is 0 Å². The molecule has 0 aliphatic carbocycles. The van der Waals surface area contributed by atoms with Gasteiger partial charge in [-0.2, -0.15) is 11.1 Å². The number of rotatable bonds is 5. The van der Waals surface area contributed by atoms with Crippen molar-refractivity contribution in [3.8, 4) is 11.5 Å². The lowest BCUT2D eigenvalue weighted by Gasteiger charge is -2.12. The van der Waals surface area contributed by atoms with Crippen molar-refractivity contribution in [1.29, 1.82) is 0 Å². The maximum absolute atomic E-state index is 9.45. The fourth-order valence-electron chi connectivity index (χ4n) is 1.59. The number of ether oxygens (including phenoxy) is 1. The smallest absolute Gasteiger partial charge is 0.160 e. The van der Waals surface area contributed by atoms with Gasteiger partial charge in [-0.3, -0.25) is 0 Å². The lowest BCUT2D eigenvalue weighted by Crippen LogP contribution is -2.15. The number of aromatic hydroxyl groups is 1. The van der Waals surface area contributed by atoms with Crippen LogP contribution in [0.15, 0.2) is 18.2 Å². The molecule has 0 fully saturated rings. The second-order valence-corrected chi connectivity index (χ2v) is 11.6. The molecule has 0 aliphatic heterocycles. The Hall–Kier alpha value is -0.673. The SMILES string of the molecule is COc1cc(CCC[Si](C)(C)Cl)ccc1O. The topological polar surface area (TPSA) is 29.5 Å². The van der Waals surface area contributed by atoms with Crippen molar-refractivity contribution in [3.05, 3.63) is 23.8 Å². The zero-order valence-electron chi connectivity index (χ0n) is 10.1. The Morgan fingerprint density at radius 2 is 2.06 bits per heavy atom. The van der Waals surface area contributed by atoms with Crippen LogP contribution in [-0.4, -0.2) is 19.6 Å². The summed E-state index contributed by atoms with van der Waals surface area (Å²) in [4.78, 5) is 0. The van der Waals surface area contributed by atoms with Crippen LogP contribution in [0.3, 0.4) is 0 Å². The standard InChI is InChI=1S/C12H19ClO2Si/c1-15-12-9-10(6-7-11(12)14)5-4-8-16(2,3)13/h6-7,9,14H,4-5,8H2,1-3H3. The molecule has 16 heavy (non-hydrogen) atoms. The maximum atomic E-state index is 9.45. The number of halogens is 1. The lowest BCUT2D eigenvalue weighted by atomic mass is 10.1. The third kappa shape index (κ3) is 4.45. The molecule has 0 unspecified atom stereocenters. The lowest BCUT2D eigenvalue weighted by molar-refractivity contribution is 0.373. The minimum Gasteiger partial charge on any atom is -0.504 e. The van der Waals surface area contributed by atoms with Crippen molar-refractivity contribution in [2.45, 2.75) is 32.0 Å². The molecule has 1 aromatic carbocycles. The molecule has 1 N–H and O–H groups in total. The predicted octanol–water partition coefficient (Wildman–Crippen LogP) is 3.78. The van der Waals surface area contributed by atoms with E-state index in [1.165, 1.54) is 5.56 Å². The molecule has 0 bridgehead atoms. The fraction of sp³-hybridized carbons (Fsp3) is 0.500. The molecule has 90 valence electrons. The van der Waals surface area contributed by atoms with Crippen molar-refractivity contribution in [2.24, 2.45) is 0 Å². The minimum atomic E-state index is -1.45. The van der Waals surface area contributed by atoms with E-state index in [1.54, 1.807) is 13.2 Å². The summed E-state index contributed by atoms with van der Waals surface area (Å²) in [5.41, 5.74) is 1.18. The molecule has 1 rings (SSSR count). The van der Waals surface area contributed by atoms with E-state index in [0.717, 1.165) is 18.9 Å². The third-order valence-corrected chi connectivity index (χ3v) is 4.59. The number of phenols is 1. The van der Waals surface area contributed by atoms with Crippen LogP contribution < -0.4 is 4.74 Å². The van der Waals surface area contributed by atoms with Crippen molar-refractivity contribution in [1.82, 2.24) is 0 Å². The number of hydrogen-bond acceptors (Lipinski definition) is 2. The second-order valence-electron chi connectivity index (χ2n) is 4.58. The van der Waals surface area contributed by atoms with Crippen LogP contribution >= 0.6 is 11.1 Å². The summed E-state index contributed by atoms with van der Waals surface area (Å²) < 4.78 is 5.07. The molecule has 0 heterocycles. The summed E-state index contributed by atoms with van der Waals surface area (Å²) >= 11 is 6.26. The van der Waals surface area contributed by atoms with E-state index in [0.29, 0.717) is 5.75 Å². The first kappa shape index (κ1) is 13.4. The zero-order chi connectivity index (χ0) is 12.2. The number of methoxy groups -OCH3 is 1. The Morgan fingerprint density at radius 1 is 1.38 bits per heavy atom. The molecule has 4 heteroatoms. The molecule has 0 aliphatic rings. The monoisotopic (exact) mass is 258 g/mol. The van der Waals surface area contributed by atoms with Crippen LogP contribution in [0.2, 0.25) is 19.1 Å². The van der Waals surface area contributed by atoms with Gasteiger partial charge < -0.3 is 9.84 Å². The summed E-state index contributed by atoms with van der Waals surface area (Å²) in [6.45, 7) is 4.32. The highest BCUT2D eigenvalue weighted by Crippen LogP contribution is 2.27. The van der Waals surface area contributed by atoms with Gasteiger partial charge in [-0.05, 0) is 30.2 Å². The molecule has 0 aromatic heterocycles. The van der Waals surface area contributed by atoms with E-state index in [-0.39, 0.29) is 5.75 Å². The summed E-state index contributed by atoms with van der Waals surface area (Å²) in [6, 6.07) is 6.61. The Balaban J connectivity index is 2.55. The van der Waals surface area contributed by atoms with Gasteiger partial charge in [-0.1, -0.05) is 25.6 Å². The molecule has 0 amide bonds. The number of phenolic OH excluding ortho intramolecular Hbond substituents is 1. The van der Waals surface area contributed by atoms with E-state index in [4.69, 9.17) is 15.8 Å². The van der Waals surface area contributed by atoms with Gasteiger partial charge in [-0.25, -0.2) is 0 Å². The molecule has 0 atom stereocenters. The van der Waals surface area contributed by atoms with Gasteiger partial charge in [0.25, 0.3) is 0 Å². The first-order valence-electron chi connectivity index (χ1n) is 5.47. The highest BCUT2D eigenvalue weighted by atomic mass is 35.6. The van der Waals surface area contributed by atoms with E-state index < -0.39 is 7.38 Å². The van der Waals surface area contributed by atoms with E-state index >= 15 is 0 Å². The van der Waals surface area contributed by atoms with Gasteiger partial charge in [0.05, 0.1) is 7.11 Å². The fourth-order valence-corrected chi connectivity index (χ4v) is 3.01. The number of benzene rings is 1. The van der Waals surface area contributed by atoms with Crippen LogP contribution in [-0.2, 0) is 6.42 Å². The van der Waals surface area contributed by atoms with Crippen molar-refractivity contribution in [2.75, 3.05) is 7.11 Å². The average Bonchev–Trinajstić information content (AvgIpc) is 2.18. The third-order valence-electron chi connectivity index (χ3n) is 2.48. The van der Waals surface area contributed by atoms with Crippen molar-refractivity contribution in [3.63, 3.8) is 0 Å². The van der Waals surface area contributed by atoms with Gasteiger partial charge in [0, 0.05) is 0 Å². The first-order valence-corrected chi connectivity index (χ1v) is 9.69. The Labute approximate surface area is 103 Å². The first-order chi connectivity index (χ1) is 7.42. The summed E-state index contributed by atoms with van der Waals surface area (Å²) in [5, 5.41) is 9.45. The summed E-state index contributed by atoms with van der Waals surface area (Å²) in [6.07, 6.45) is 2.08. The van der Waals surface area contributed by atoms with Gasteiger partial charge in [0.15, 0.2) is 18.9 Å². The normalized spacial score (nSPS) is 11.5. The Morgan fingerprint density at radius 3 is 2.62 bits per heavy atom. The van der Waals surface area contributed by atoms with E-state index in [9.17, 15) is 5.11 Å². The summed E-state index contributed by atoms with van der Waals surface area (Å²) in [7, 11) is 0.111. The largest absolute Gasteiger partial charge is 0.504 e.